The average molecular weight is 612 g/mol. The molecule has 1 aliphatic heterocycles. The molecule has 45 heavy (non-hydrogen) atoms. The maximum absolute atomic E-state index is 12.5. The highest BCUT2D eigenvalue weighted by molar-refractivity contribution is 5.72. The molecule has 5 rings (SSSR count). The Labute approximate surface area is 264 Å². The molecule has 10 nitrogen and oxygen atoms in total. The molecule has 0 bridgehead atoms. The van der Waals surface area contributed by atoms with Gasteiger partial charge >= 0.3 is 6.09 Å². The van der Waals surface area contributed by atoms with Gasteiger partial charge in [-0.25, -0.2) is 4.79 Å². The number of aromatic nitrogens is 2. The summed E-state index contributed by atoms with van der Waals surface area (Å²) in [5.41, 5.74) is 3.83. The molecule has 1 aliphatic rings. The van der Waals surface area contributed by atoms with Crippen LogP contribution < -0.4 is 24.4 Å². The summed E-state index contributed by atoms with van der Waals surface area (Å²) in [5.74, 6) is 2.09. The third kappa shape index (κ3) is 8.56. The molecule has 0 saturated carbocycles. The van der Waals surface area contributed by atoms with E-state index in [4.69, 9.17) is 28.9 Å². The summed E-state index contributed by atoms with van der Waals surface area (Å²) in [6.07, 6.45) is -0.292. The number of hydrogen-bond acceptors (Lipinski definition) is 9. The van der Waals surface area contributed by atoms with Crippen molar-refractivity contribution in [2.24, 2.45) is 0 Å². The molecule has 0 aliphatic carbocycles. The monoisotopic (exact) mass is 611 g/mol. The number of methoxy groups -OCH3 is 1. The van der Waals surface area contributed by atoms with E-state index < -0.39 is 5.60 Å². The molecular formula is C35H41N5O5. The van der Waals surface area contributed by atoms with Crippen LogP contribution in [0.3, 0.4) is 0 Å². The van der Waals surface area contributed by atoms with Crippen molar-refractivity contribution in [1.29, 1.82) is 0 Å². The van der Waals surface area contributed by atoms with Crippen LogP contribution in [-0.4, -0.2) is 59.9 Å². The lowest BCUT2D eigenvalue weighted by atomic mass is 10.2. The molecule has 1 amide bonds. The topological polar surface area (TPSA) is 98.3 Å². The van der Waals surface area contributed by atoms with Crippen LogP contribution in [0.25, 0.3) is 0 Å². The van der Waals surface area contributed by atoms with Crippen LogP contribution in [-0.2, 0) is 18.0 Å². The van der Waals surface area contributed by atoms with Crippen molar-refractivity contribution in [3.8, 4) is 17.6 Å². The summed E-state index contributed by atoms with van der Waals surface area (Å²) in [4.78, 5) is 26.0. The van der Waals surface area contributed by atoms with E-state index in [0.717, 1.165) is 22.5 Å². The molecule has 3 heterocycles. The van der Waals surface area contributed by atoms with Crippen molar-refractivity contribution in [1.82, 2.24) is 14.9 Å². The first-order valence-corrected chi connectivity index (χ1v) is 15.1. The summed E-state index contributed by atoms with van der Waals surface area (Å²) in [6.45, 7) is 10.7. The summed E-state index contributed by atoms with van der Waals surface area (Å²) >= 11 is 0. The molecule has 0 unspecified atom stereocenters. The van der Waals surface area contributed by atoms with Gasteiger partial charge in [0.05, 0.1) is 7.11 Å². The van der Waals surface area contributed by atoms with Crippen LogP contribution in [0.15, 0.2) is 78.9 Å². The van der Waals surface area contributed by atoms with Crippen molar-refractivity contribution < 1.29 is 23.7 Å². The number of piperazine rings is 1. The van der Waals surface area contributed by atoms with Gasteiger partial charge in [0.2, 0.25) is 17.6 Å². The zero-order chi connectivity index (χ0) is 31.8. The van der Waals surface area contributed by atoms with Gasteiger partial charge in [-0.15, -0.1) is 0 Å². The first-order chi connectivity index (χ1) is 21.7. The molecule has 2 aromatic heterocycles. The Morgan fingerprint density at radius 3 is 2.02 bits per heavy atom. The van der Waals surface area contributed by atoms with Gasteiger partial charge in [0.15, 0.2) is 0 Å². The minimum atomic E-state index is -0.528. The number of nitrogens with one attached hydrogen (secondary N) is 1. The largest absolute Gasteiger partial charge is 0.479 e. The Morgan fingerprint density at radius 1 is 0.800 bits per heavy atom. The van der Waals surface area contributed by atoms with E-state index in [1.54, 1.807) is 12.0 Å². The van der Waals surface area contributed by atoms with E-state index >= 15 is 0 Å². The number of ether oxygens (including phenoxy) is 4. The normalized spacial score (nSPS) is 13.3. The van der Waals surface area contributed by atoms with Crippen LogP contribution >= 0.6 is 0 Å². The number of pyridine rings is 2. The van der Waals surface area contributed by atoms with Gasteiger partial charge in [-0.05, 0) is 56.5 Å². The summed E-state index contributed by atoms with van der Waals surface area (Å²) < 4.78 is 23.5. The number of carbonyl (C=O) groups is 1. The molecule has 236 valence electrons. The predicted molar refractivity (Wildman–Crippen MR) is 175 cm³/mol. The van der Waals surface area contributed by atoms with E-state index in [0.29, 0.717) is 68.4 Å². The SMILES string of the molecule is COc1nc(N2CCN(C(=O)OC(C)(C)C)CC2)c(C)cc1Nc1ccc(OCc2ccccc2)nc1OCc1ccccc1. The lowest BCUT2D eigenvalue weighted by Crippen LogP contribution is -2.50. The standard InChI is InChI=1S/C35H41N5O5/c1-25-22-29(32(42-5)38-31(25)39-18-20-40(21-19-39)34(41)45-35(2,3)4)36-28-16-17-30(43-23-26-12-8-6-9-13-26)37-33(28)44-24-27-14-10-7-11-15-27/h6-17,22,36H,18-21,23-24H2,1-5H3. The zero-order valence-corrected chi connectivity index (χ0v) is 26.6. The molecule has 0 spiro atoms. The number of rotatable bonds is 10. The third-order valence-corrected chi connectivity index (χ3v) is 7.13. The van der Waals surface area contributed by atoms with Crippen molar-refractivity contribution >= 4 is 23.3 Å². The minimum absolute atomic E-state index is 0.292. The molecule has 10 heteroatoms. The van der Waals surface area contributed by atoms with Crippen LogP contribution in [0.2, 0.25) is 0 Å². The zero-order valence-electron chi connectivity index (χ0n) is 26.6. The fourth-order valence-electron chi connectivity index (χ4n) is 4.89. The predicted octanol–water partition coefficient (Wildman–Crippen LogP) is 6.75. The molecule has 1 fully saturated rings. The van der Waals surface area contributed by atoms with Gasteiger partial charge in [0, 0.05) is 32.2 Å². The van der Waals surface area contributed by atoms with E-state index in [1.165, 1.54) is 0 Å². The number of anilines is 3. The van der Waals surface area contributed by atoms with E-state index in [9.17, 15) is 4.79 Å². The van der Waals surface area contributed by atoms with Gasteiger partial charge in [-0.1, -0.05) is 60.7 Å². The highest BCUT2D eigenvalue weighted by atomic mass is 16.6. The fraction of sp³-hybridized carbons (Fsp3) is 0.343. The highest BCUT2D eigenvalue weighted by Gasteiger charge is 2.27. The molecule has 0 radical (unpaired) electrons. The number of benzene rings is 2. The van der Waals surface area contributed by atoms with E-state index in [1.807, 2.05) is 107 Å². The summed E-state index contributed by atoms with van der Waals surface area (Å²) in [6, 6.07) is 25.6. The molecule has 0 atom stereocenters. The van der Waals surface area contributed by atoms with Crippen molar-refractivity contribution in [2.45, 2.75) is 46.5 Å². The Hall–Kier alpha value is -4.99. The lowest BCUT2D eigenvalue weighted by molar-refractivity contribution is 0.0240. The second-order valence-electron chi connectivity index (χ2n) is 11.8. The third-order valence-electron chi connectivity index (χ3n) is 7.13. The molecular weight excluding hydrogens is 570 g/mol. The Kier molecular flexibility index (Phi) is 9.92. The van der Waals surface area contributed by atoms with Gasteiger partial charge in [0.1, 0.15) is 36.0 Å². The number of amides is 1. The minimum Gasteiger partial charge on any atom is -0.479 e. The number of aryl methyl sites for hydroxylation is 1. The van der Waals surface area contributed by atoms with Crippen molar-refractivity contribution in [3.05, 3.63) is 95.6 Å². The smallest absolute Gasteiger partial charge is 0.410 e. The quantitative estimate of drug-likeness (QED) is 0.209. The van der Waals surface area contributed by atoms with Gasteiger partial charge in [-0.2, -0.15) is 9.97 Å². The number of hydrogen-bond donors (Lipinski definition) is 1. The Balaban J connectivity index is 1.33. The van der Waals surface area contributed by atoms with E-state index in [2.05, 4.69) is 10.2 Å². The second-order valence-corrected chi connectivity index (χ2v) is 11.8. The maximum atomic E-state index is 12.5. The maximum Gasteiger partial charge on any atom is 0.410 e. The van der Waals surface area contributed by atoms with Gasteiger partial charge in [0.25, 0.3) is 0 Å². The fourth-order valence-corrected chi connectivity index (χ4v) is 4.89. The first kappa shape index (κ1) is 31.4. The van der Waals surface area contributed by atoms with Crippen LogP contribution in [0.4, 0.5) is 22.0 Å². The average Bonchev–Trinajstić information content (AvgIpc) is 3.04. The van der Waals surface area contributed by atoms with Gasteiger partial charge in [-0.3, -0.25) is 0 Å². The van der Waals surface area contributed by atoms with Gasteiger partial charge < -0.3 is 34.1 Å². The second kappa shape index (κ2) is 14.2. The van der Waals surface area contributed by atoms with E-state index in [-0.39, 0.29) is 6.09 Å². The first-order valence-electron chi connectivity index (χ1n) is 15.1. The van der Waals surface area contributed by atoms with Crippen LogP contribution in [0.1, 0.15) is 37.5 Å². The van der Waals surface area contributed by atoms with Crippen LogP contribution in [0, 0.1) is 6.92 Å². The molecule has 1 N–H and O–H groups in total. The Bertz CT molecular complexity index is 1570. The Morgan fingerprint density at radius 2 is 1.42 bits per heavy atom. The lowest BCUT2D eigenvalue weighted by Gasteiger charge is -2.36. The number of carbonyl (C=O) groups excluding carboxylic acids is 1. The molecule has 2 aromatic carbocycles. The summed E-state index contributed by atoms with van der Waals surface area (Å²) in [5, 5.41) is 3.43. The summed E-state index contributed by atoms with van der Waals surface area (Å²) in [7, 11) is 1.60. The highest BCUT2D eigenvalue weighted by Crippen LogP contribution is 2.35. The number of nitrogens with zero attached hydrogens (tertiary/aromatic N) is 4. The molecule has 4 aromatic rings. The van der Waals surface area contributed by atoms with Crippen molar-refractivity contribution in [3.63, 3.8) is 0 Å². The van der Waals surface area contributed by atoms with Crippen LogP contribution in [0.5, 0.6) is 17.6 Å². The van der Waals surface area contributed by atoms with Crippen molar-refractivity contribution in [2.75, 3.05) is 43.5 Å². The molecule has 1 saturated heterocycles.